The molecule has 17 heavy (non-hydrogen) atoms. The van der Waals surface area contributed by atoms with E-state index in [-0.39, 0.29) is 6.04 Å². The highest BCUT2D eigenvalue weighted by molar-refractivity contribution is 9.10. The average molecular weight is 301 g/mol. The molecule has 0 heterocycles. The topological polar surface area (TPSA) is 55.1 Å². The summed E-state index contributed by atoms with van der Waals surface area (Å²) in [5.41, 5.74) is 4.55. The Kier molecular flexibility index (Phi) is 3.23. The van der Waals surface area contributed by atoms with Crippen LogP contribution in [0.3, 0.4) is 0 Å². The van der Waals surface area contributed by atoms with E-state index in [1.807, 2.05) is 0 Å². The number of halogens is 2. The van der Waals surface area contributed by atoms with Crippen molar-refractivity contribution in [3.63, 3.8) is 0 Å². The third kappa shape index (κ3) is 2.50. The maximum atomic E-state index is 13.9. The van der Waals surface area contributed by atoms with Crippen LogP contribution in [-0.4, -0.2) is 11.9 Å². The number of amides is 1. The highest BCUT2D eigenvalue weighted by atomic mass is 79.9. The van der Waals surface area contributed by atoms with Gasteiger partial charge in [-0.2, -0.15) is 0 Å². The average Bonchev–Trinajstić information content (AvgIpc) is 3.00. The fourth-order valence-electron chi connectivity index (χ4n) is 1.81. The van der Waals surface area contributed by atoms with Gasteiger partial charge in [-0.25, -0.2) is 4.39 Å². The molecule has 1 amide bonds. The van der Waals surface area contributed by atoms with Gasteiger partial charge in [0.05, 0.1) is 0 Å². The van der Waals surface area contributed by atoms with Gasteiger partial charge in [-0.15, -0.1) is 0 Å². The minimum Gasteiger partial charge on any atom is -0.368 e. The van der Waals surface area contributed by atoms with Gasteiger partial charge in [0.15, 0.2) is 0 Å². The van der Waals surface area contributed by atoms with Crippen LogP contribution in [0, 0.1) is 5.82 Å². The van der Waals surface area contributed by atoms with E-state index in [4.69, 9.17) is 5.73 Å². The maximum Gasteiger partial charge on any atom is 0.242 e. The summed E-state index contributed by atoms with van der Waals surface area (Å²) >= 11 is 3.19. The summed E-state index contributed by atoms with van der Waals surface area (Å²) in [5, 5.41) is 3.11. The van der Waals surface area contributed by atoms with Crippen molar-refractivity contribution < 1.29 is 9.18 Å². The molecule has 2 rings (SSSR count). The van der Waals surface area contributed by atoms with Crippen molar-refractivity contribution in [1.29, 1.82) is 0 Å². The first-order chi connectivity index (χ1) is 7.93. The lowest BCUT2D eigenvalue weighted by atomic mass is 9.90. The Morgan fingerprint density at radius 3 is 2.71 bits per heavy atom. The van der Waals surface area contributed by atoms with Crippen molar-refractivity contribution in [2.45, 2.75) is 31.3 Å². The molecule has 5 heteroatoms. The lowest BCUT2D eigenvalue weighted by Gasteiger charge is -2.28. The molecule has 1 unspecified atom stereocenters. The molecule has 3 N–H and O–H groups in total. The number of hydrogen-bond acceptors (Lipinski definition) is 2. The van der Waals surface area contributed by atoms with Crippen molar-refractivity contribution in [3.05, 3.63) is 34.1 Å². The number of rotatable bonds is 4. The number of benzene rings is 1. The third-order valence-corrected chi connectivity index (χ3v) is 3.53. The van der Waals surface area contributed by atoms with Crippen LogP contribution in [0.5, 0.6) is 0 Å². The zero-order valence-electron chi connectivity index (χ0n) is 9.47. The Morgan fingerprint density at radius 2 is 2.24 bits per heavy atom. The normalized spacial score (nSPS) is 18.8. The van der Waals surface area contributed by atoms with Crippen LogP contribution in [0.1, 0.15) is 25.3 Å². The summed E-state index contributed by atoms with van der Waals surface area (Å²) in [6.45, 7) is 1.62. The minimum atomic E-state index is -1.15. The molecule has 1 aliphatic rings. The Morgan fingerprint density at radius 1 is 1.59 bits per heavy atom. The molecule has 1 atom stereocenters. The molecule has 0 radical (unpaired) electrons. The van der Waals surface area contributed by atoms with Gasteiger partial charge in [0.25, 0.3) is 0 Å². The molecule has 92 valence electrons. The predicted molar refractivity (Wildman–Crippen MR) is 66.8 cm³/mol. The van der Waals surface area contributed by atoms with Crippen LogP contribution in [0.4, 0.5) is 4.39 Å². The van der Waals surface area contributed by atoms with Crippen LogP contribution in [-0.2, 0) is 10.3 Å². The molecule has 0 spiro atoms. The number of carbonyl (C=O) groups excluding carboxylic acids is 1. The monoisotopic (exact) mass is 300 g/mol. The van der Waals surface area contributed by atoms with E-state index in [0.717, 1.165) is 12.8 Å². The molecule has 0 aliphatic heterocycles. The van der Waals surface area contributed by atoms with Crippen LogP contribution >= 0.6 is 15.9 Å². The molecule has 1 aliphatic carbocycles. The molecule has 0 aromatic heterocycles. The number of primary amides is 1. The summed E-state index contributed by atoms with van der Waals surface area (Å²) in [4.78, 5) is 11.6. The minimum absolute atomic E-state index is 0.260. The van der Waals surface area contributed by atoms with E-state index < -0.39 is 17.3 Å². The number of hydrogen-bond donors (Lipinski definition) is 2. The van der Waals surface area contributed by atoms with Gasteiger partial charge in [-0.05, 0) is 31.9 Å². The molecular formula is C12H14BrFN2O. The lowest BCUT2D eigenvalue weighted by Crippen LogP contribution is -2.51. The molecule has 1 aromatic rings. The van der Waals surface area contributed by atoms with Crippen molar-refractivity contribution in [2.24, 2.45) is 5.73 Å². The highest BCUT2D eigenvalue weighted by Gasteiger charge is 2.40. The van der Waals surface area contributed by atoms with Crippen LogP contribution in [0.25, 0.3) is 0 Å². The van der Waals surface area contributed by atoms with E-state index in [0.29, 0.717) is 10.0 Å². The molecule has 1 saturated carbocycles. The largest absolute Gasteiger partial charge is 0.368 e. The van der Waals surface area contributed by atoms with Gasteiger partial charge in [-0.3, -0.25) is 10.1 Å². The summed E-state index contributed by atoms with van der Waals surface area (Å²) in [6, 6.07) is 4.88. The van der Waals surface area contributed by atoms with Gasteiger partial charge < -0.3 is 5.73 Å². The van der Waals surface area contributed by atoms with E-state index in [9.17, 15) is 9.18 Å². The molecule has 0 bridgehead atoms. The van der Waals surface area contributed by atoms with Crippen molar-refractivity contribution >= 4 is 21.8 Å². The summed E-state index contributed by atoms with van der Waals surface area (Å²) in [7, 11) is 0. The Bertz CT molecular complexity index is 462. The Labute approximate surface area is 108 Å². The van der Waals surface area contributed by atoms with E-state index in [2.05, 4.69) is 21.2 Å². The van der Waals surface area contributed by atoms with Gasteiger partial charge in [0, 0.05) is 16.1 Å². The molecule has 1 fully saturated rings. The fourth-order valence-corrected chi connectivity index (χ4v) is 2.15. The van der Waals surface area contributed by atoms with Gasteiger partial charge in [-0.1, -0.05) is 22.0 Å². The molecular weight excluding hydrogens is 287 g/mol. The fraction of sp³-hybridized carbons (Fsp3) is 0.417. The van der Waals surface area contributed by atoms with E-state index in [1.54, 1.807) is 19.1 Å². The standard InChI is InChI=1S/C12H14BrFN2O/c1-12(11(15)17,16-8-3-4-8)9-5-2-7(13)6-10(9)14/h2,5-6,8,16H,3-4H2,1H3,(H2,15,17). The Balaban J connectivity index is 2.40. The first-order valence-corrected chi connectivity index (χ1v) is 6.26. The van der Waals surface area contributed by atoms with Crippen molar-refractivity contribution in [3.8, 4) is 0 Å². The van der Waals surface area contributed by atoms with Crippen molar-refractivity contribution in [1.82, 2.24) is 5.32 Å². The SMILES string of the molecule is CC(NC1CC1)(C(N)=O)c1ccc(Br)cc1F. The number of nitrogens with two attached hydrogens (primary N) is 1. The highest BCUT2D eigenvalue weighted by Crippen LogP contribution is 2.30. The smallest absolute Gasteiger partial charge is 0.242 e. The van der Waals surface area contributed by atoms with E-state index in [1.165, 1.54) is 6.07 Å². The van der Waals surface area contributed by atoms with Crippen molar-refractivity contribution in [2.75, 3.05) is 0 Å². The van der Waals surface area contributed by atoms with Gasteiger partial charge >= 0.3 is 0 Å². The summed E-state index contributed by atoms with van der Waals surface area (Å²) in [6.07, 6.45) is 2.00. The zero-order chi connectivity index (χ0) is 12.6. The quantitative estimate of drug-likeness (QED) is 0.894. The molecule has 3 nitrogen and oxygen atoms in total. The second kappa shape index (κ2) is 4.38. The first-order valence-electron chi connectivity index (χ1n) is 5.46. The lowest BCUT2D eigenvalue weighted by molar-refractivity contribution is -0.124. The number of nitrogens with one attached hydrogen (secondary N) is 1. The first kappa shape index (κ1) is 12.5. The summed E-state index contributed by atoms with van der Waals surface area (Å²) < 4.78 is 14.5. The number of carbonyl (C=O) groups is 1. The summed E-state index contributed by atoms with van der Waals surface area (Å²) in [5.74, 6) is -1.00. The van der Waals surface area contributed by atoms with Gasteiger partial charge in [0.2, 0.25) is 5.91 Å². The molecule has 1 aromatic carbocycles. The zero-order valence-corrected chi connectivity index (χ0v) is 11.1. The second-order valence-electron chi connectivity index (χ2n) is 4.53. The second-order valence-corrected chi connectivity index (χ2v) is 5.45. The maximum absolute atomic E-state index is 13.9. The van der Waals surface area contributed by atoms with Crippen LogP contribution in [0.15, 0.2) is 22.7 Å². The third-order valence-electron chi connectivity index (χ3n) is 3.03. The van der Waals surface area contributed by atoms with Crippen LogP contribution in [0.2, 0.25) is 0 Å². The van der Waals surface area contributed by atoms with E-state index >= 15 is 0 Å². The van der Waals surface area contributed by atoms with Crippen LogP contribution < -0.4 is 11.1 Å². The molecule has 0 saturated heterocycles. The predicted octanol–water partition coefficient (Wildman–Crippen LogP) is 2.04. The van der Waals surface area contributed by atoms with Gasteiger partial charge in [0.1, 0.15) is 11.4 Å². The Hall–Kier alpha value is -0.940.